The minimum atomic E-state index is -2.95. The lowest BCUT2D eigenvalue weighted by atomic mass is 10.2. The number of sulfone groups is 1. The zero-order valence-electron chi connectivity index (χ0n) is 10.9. The van der Waals surface area contributed by atoms with Gasteiger partial charge in [-0.3, -0.25) is 4.79 Å². The minimum absolute atomic E-state index is 0.113. The molecule has 110 valence electrons. The largest absolute Gasteiger partial charge is 0.324 e. The third-order valence-corrected chi connectivity index (χ3v) is 5.67. The fourth-order valence-corrected chi connectivity index (χ4v) is 4.23. The van der Waals surface area contributed by atoms with Crippen molar-refractivity contribution in [3.05, 3.63) is 28.7 Å². The van der Waals surface area contributed by atoms with Crippen molar-refractivity contribution in [2.24, 2.45) is 0 Å². The van der Waals surface area contributed by atoms with Gasteiger partial charge in [0.2, 0.25) is 5.91 Å². The molecule has 0 spiro atoms. The Labute approximate surface area is 127 Å². The van der Waals surface area contributed by atoms with Crippen molar-refractivity contribution in [3.63, 3.8) is 0 Å². The quantitative estimate of drug-likeness (QED) is 0.854. The summed E-state index contributed by atoms with van der Waals surface area (Å²) in [6.45, 7) is 0.113. The van der Waals surface area contributed by atoms with Gasteiger partial charge in [0.1, 0.15) is 0 Å². The van der Waals surface area contributed by atoms with Gasteiger partial charge in [-0.25, -0.2) is 8.42 Å². The molecule has 2 rings (SSSR count). The van der Waals surface area contributed by atoms with E-state index in [0.29, 0.717) is 12.1 Å². The van der Waals surface area contributed by atoms with Crippen LogP contribution in [-0.2, 0) is 14.6 Å². The highest BCUT2D eigenvalue weighted by molar-refractivity contribution is 9.10. The van der Waals surface area contributed by atoms with Crippen LogP contribution in [0.1, 0.15) is 12.8 Å². The molecular formula is C13H17BrN2O3S. The highest BCUT2D eigenvalue weighted by atomic mass is 79.9. The zero-order valence-corrected chi connectivity index (χ0v) is 13.3. The van der Waals surface area contributed by atoms with Crippen LogP contribution in [0.4, 0.5) is 5.69 Å². The Morgan fingerprint density at radius 2 is 2.10 bits per heavy atom. The van der Waals surface area contributed by atoms with Gasteiger partial charge < -0.3 is 10.6 Å². The summed E-state index contributed by atoms with van der Waals surface area (Å²) in [6.07, 6.45) is 1.45. The van der Waals surface area contributed by atoms with E-state index >= 15 is 0 Å². The van der Waals surface area contributed by atoms with Crippen molar-refractivity contribution in [3.8, 4) is 0 Å². The first-order chi connectivity index (χ1) is 9.46. The highest BCUT2D eigenvalue weighted by Crippen LogP contribution is 2.20. The molecule has 0 aliphatic carbocycles. The van der Waals surface area contributed by atoms with E-state index in [-0.39, 0.29) is 30.0 Å². The molecule has 20 heavy (non-hydrogen) atoms. The van der Waals surface area contributed by atoms with Crippen LogP contribution in [0.5, 0.6) is 0 Å². The SMILES string of the molecule is O=C(CNC1CCCS(=O)(=O)C1)Nc1ccccc1Br. The van der Waals surface area contributed by atoms with E-state index in [1.807, 2.05) is 18.2 Å². The summed E-state index contributed by atoms with van der Waals surface area (Å²) < 4.78 is 23.8. The molecule has 1 saturated heterocycles. The molecule has 1 aromatic rings. The summed E-state index contributed by atoms with van der Waals surface area (Å²) in [5.41, 5.74) is 0.704. The fourth-order valence-electron chi connectivity index (χ4n) is 2.18. The van der Waals surface area contributed by atoms with Gasteiger partial charge in [-0.05, 0) is 40.9 Å². The lowest BCUT2D eigenvalue weighted by Gasteiger charge is -2.22. The third kappa shape index (κ3) is 4.57. The van der Waals surface area contributed by atoms with Gasteiger partial charge in [0.15, 0.2) is 9.84 Å². The molecule has 0 saturated carbocycles. The van der Waals surface area contributed by atoms with Gasteiger partial charge in [0, 0.05) is 10.5 Å². The Balaban J connectivity index is 1.82. The average Bonchev–Trinajstić information content (AvgIpc) is 2.38. The van der Waals surface area contributed by atoms with Gasteiger partial charge in [0.25, 0.3) is 0 Å². The van der Waals surface area contributed by atoms with Crippen LogP contribution in [0.15, 0.2) is 28.7 Å². The number of hydrogen-bond acceptors (Lipinski definition) is 4. The fraction of sp³-hybridized carbons (Fsp3) is 0.462. The second-order valence-corrected chi connectivity index (χ2v) is 7.95. The summed E-state index contributed by atoms with van der Waals surface area (Å²) in [7, 11) is -2.95. The lowest BCUT2D eigenvalue weighted by molar-refractivity contribution is -0.115. The first kappa shape index (κ1) is 15.5. The van der Waals surface area contributed by atoms with Gasteiger partial charge in [0.05, 0.1) is 23.7 Å². The van der Waals surface area contributed by atoms with Crippen molar-refractivity contribution < 1.29 is 13.2 Å². The standard InChI is InChI=1S/C13H17BrN2O3S/c14-11-5-1-2-6-12(11)16-13(17)8-15-10-4-3-7-20(18,19)9-10/h1-2,5-6,10,15H,3-4,7-9H2,(H,16,17). The molecule has 1 atom stereocenters. The molecule has 2 N–H and O–H groups in total. The van der Waals surface area contributed by atoms with Crippen LogP contribution in [0.2, 0.25) is 0 Å². The van der Waals surface area contributed by atoms with Gasteiger partial charge in [-0.15, -0.1) is 0 Å². The van der Waals surface area contributed by atoms with Crippen LogP contribution in [0.25, 0.3) is 0 Å². The molecule has 1 aromatic carbocycles. The summed E-state index contributed by atoms with van der Waals surface area (Å²) in [4.78, 5) is 11.8. The summed E-state index contributed by atoms with van der Waals surface area (Å²) >= 11 is 3.35. The molecular weight excluding hydrogens is 344 g/mol. The zero-order chi connectivity index (χ0) is 14.6. The predicted octanol–water partition coefficient (Wildman–Crippen LogP) is 1.55. The molecule has 1 heterocycles. The number of rotatable bonds is 4. The Bertz CT molecular complexity index is 589. The Hall–Kier alpha value is -0.920. The van der Waals surface area contributed by atoms with Gasteiger partial charge in [-0.1, -0.05) is 12.1 Å². The monoisotopic (exact) mass is 360 g/mol. The second-order valence-electron chi connectivity index (χ2n) is 4.86. The van der Waals surface area contributed by atoms with E-state index in [0.717, 1.165) is 10.9 Å². The summed E-state index contributed by atoms with van der Waals surface area (Å²) in [5, 5.41) is 5.78. The van der Waals surface area contributed by atoms with Crippen LogP contribution in [-0.4, -0.2) is 38.4 Å². The number of anilines is 1. The van der Waals surface area contributed by atoms with Crippen LogP contribution in [0.3, 0.4) is 0 Å². The van der Waals surface area contributed by atoms with E-state index in [1.54, 1.807) is 6.07 Å². The van der Waals surface area contributed by atoms with Crippen molar-refractivity contribution in [1.82, 2.24) is 5.32 Å². The maximum atomic E-state index is 11.8. The van der Waals surface area contributed by atoms with Crippen LogP contribution in [0, 0.1) is 0 Å². The van der Waals surface area contributed by atoms with E-state index in [1.165, 1.54) is 0 Å². The molecule has 7 heteroatoms. The maximum absolute atomic E-state index is 11.8. The van der Waals surface area contributed by atoms with Gasteiger partial charge in [-0.2, -0.15) is 0 Å². The third-order valence-electron chi connectivity index (χ3n) is 3.16. The van der Waals surface area contributed by atoms with E-state index in [2.05, 4.69) is 26.6 Å². The molecule has 0 radical (unpaired) electrons. The molecule has 1 aliphatic rings. The van der Waals surface area contributed by atoms with Crippen molar-refractivity contribution >= 4 is 37.4 Å². The summed E-state index contributed by atoms with van der Waals surface area (Å²) in [5.74, 6) is 0.198. The normalized spacial score (nSPS) is 21.4. The van der Waals surface area contributed by atoms with Crippen molar-refractivity contribution in [1.29, 1.82) is 0 Å². The molecule has 5 nitrogen and oxygen atoms in total. The van der Waals surface area contributed by atoms with E-state index in [9.17, 15) is 13.2 Å². The number of para-hydroxylation sites is 1. The minimum Gasteiger partial charge on any atom is -0.324 e. The number of carbonyl (C=O) groups is 1. The smallest absolute Gasteiger partial charge is 0.238 e. The molecule has 1 fully saturated rings. The maximum Gasteiger partial charge on any atom is 0.238 e. The molecule has 0 aromatic heterocycles. The average molecular weight is 361 g/mol. The first-order valence-electron chi connectivity index (χ1n) is 6.44. The van der Waals surface area contributed by atoms with E-state index in [4.69, 9.17) is 0 Å². The molecule has 1 unspecified atom stereocenters. The number of halogens is 1. The Kier molecular flexibility index (Phi) is 5.17. The lowest BCUT2D eigenvalue weighted by Crippen LogP contribution is -2.43. The predicted molar refractivity (Wildman–Crippen MR) is 82.5 cm³/mol. The second kappa shape index (κ2) is 6.69. The number of amides is 1. The van der Waals surface area contributed by atoms with Crippen LogP contribution >= 0.6 is 15.9 Å². The molecule has 1 amide bonds. The van der Waals surface area contributed by atoms with Crippen molar-refractivity contribution in [2.45, 2.75) is 18.9 Å². The first-order valence-corrected chi connectivity index (χ1v) is 9.06. The summed E-state index contributed by atoms with van der Waals surface area (Å²) in [6, 6.07) is 7.22. The number of nitrogens with one attached hydrogen (secondary N) is 2. The number of benzene rings is 1. The number of carbonyl (C=O) groups excluding carboxylic acids is 1. The molecule has 0 bridgehead atoms. The Morgan fingerprint density at radius 1 is 1.35 bits per heavy atom. The Morgan fingerprint density at radius 3 is 2.80 bits per heavy atom. The van der Waals surface area contributed by atoms with Gasteiger partial charge >= 0.3 is 0 Å². The highest BCUT2D eigenvalue weighted by Gasteiger charge is 2.24. The van der Waals surface area contributed by atoms with Crippen molar-refractivity contribution in [2.75, 3.05) is 23.4 Å². The van der Waals surface area contributed by atoms with E-state index < -0.39 is 9.84 Å². The molecule has 1 aliphatic heterocycles. The van der Waals surface area contributed by atoms with Crippen LogP contribution < -0.4 is 10.6 Å². The number of hydrogen-bond donors (Lipinski definition) is 2. The topological polar surface area (TPSA) is 75.3 Å².